The largest absolute Gasteiger partial charge is 0.342 e. The van der Waals surface area contributed by atoms with Gasteiger partial charge in [-0.1, -0.05) is 40.9 Å². The van der Waals surface area contributed by atoms with Crippen LogP contribution in [0, 0.1) is 27.7 Å². The molecule has 9 aromatic rings. The lowest BCUT2D eigenvalue weighted by molar-refractivity contribution is 0.911. The topological polar surface area (TPSA) is 82.3 Å². The summed E-state index contributed by atoms with van der Waals surface area (Å²) in [7, 11) is 4.14. The van der Waals surface area contributed by atoms with E-state index in [9.17, 15) is 0 Å². The summed E-state index contributed by atoms with van der Waals surface area (Å²) in [6.07, 6.45) is 3.73. The molecule has 0 unspecified atom stereocenters. The lowest BCUT2D eigenvalue weighted by atomic mass is 10.1. The molecular formula is C40H36ClN9. The Morgan fingerprint density at radius 1 is 0.540 bits per heavy atom. The quantitative estimate of drug-likeness (QED) is 0.201. The first kappa shape index (κ1) is 31.3. The van der Waals surface area contributed by atoms with Crippen molar-refractivity contribution < 1.29 is 0 Å². The van der Waals surface area contributed by atoms with Gasteiger partial charge in [-0.05, 0) is 112 Å². The van der Waals surface area contributed by atoms with E-state index in [1.165, 1.54) is 44.1 Å². The highest BCUT2D eigenvalue weighted by molar-refractivity contribution is 6.29. The number of nitrogens with zero attached hydrogens (tertiary/aromatic N) is 8. The van der Waals surface area contributed by atoms with E-state index in [1.54, 1.807) is 10.6 Å². The smallest absolute Gasteiger partial charge is 0.154 e. The van der Waals surface area contributed by atoms with Crippen molar-refractivity contribution in [2.75, 3.05) is 5.32 Å². The van der Waals surface area contributed by atoms with Gasteiger partial charge in [-0.25, -0.2) is 19.0 Å². The van der Waals surface area contributed by atoms with Crippen molar-refractivity contribution in [3.63, 3.8) is 0 Å². The van der Waals surface area contributed by atoms with Crippen LogP contribution in [0.15, 0.2) is 103 Å². The molecule has 248 valence electrons. The summed E-state index contributed by atoms with van der Waals surface area (Å²) < 4.78 is 8.04. The van der Waals surface area contributed by atoms with Crippen molar-refractivity contribution in [1.29, 1.82) is 0 Å². The van der Waals surface area contributed by atoms with Crippen molar-refractivity contribution in [3.05, 3.63) is 131 Å². The molecule has 0 spiro atoms. The van der Waals surface area contributed by atoms with Crippen molar-refractivity contribution in [2.45, 2.75) is 27.7 Å². The lowest BCUT2D eigenvalue weighted by Crippen LogP contribution is -2.02. The van der Waals surface area contributed by atoms with Gasteiger partial charge in [-0.2, -0.15) is 5.10 Å². The average Bonchev–Trinajstić information content (AvgIpc) is 3.86. The molecule has 10 heteroatoms. The molecule has 9 rings (SSSR count). The highest BCUT2D eigenvalue weighted by atomic mass is 35.5. The number of aryl methyl sites for hydroxylation is 6. The molecule has 6 heterocycles. The van der Waals surface area contributed by atoms with E-state index in [1.807, 2.05) is 35.1 Å². The van der Waals surface area contributed by atoms with Crippen molar-refractivity contribution in [1.82, 2.24) is 38.3 Å². The Kier molecular flexibility index (Phi) is 7.64. The van der Waals surface area contributed by atoms with E-state index in [-0.39, 0.29) is 0 Å². The first-order valence-electron chi connectivity index (χ1n) is 16.5. The monoisotopic (exact) mass is 677 g/mol. The SMILES string of the molecule is Cc1ccc2c(c1)cc(-c1cnc3ccc(Cl)nn13)n2C.Cc1ccc2c(c1)cc(-c1cnc3ccc(Nc4ccc(C)c(C)c4)nn13)n2C. The van der Waals surface area contributed by atoms with Gasteiger partial charge in [0.1, 0.15) is 16.5 Å². The van der Waals surface area contributed by atoms with Crippen LogP contribution in [0.5, 0.6) is 0 Å². The van der Waals surface area contributed by atoms with Gasteiger partial charge in [0.05, 0.1) is 23.8 Å². The molecule has 0 amide bonds. The van der Waals surface area contributed by atoms with E-state index in [2.05, 4.69) is 138 Å². The predicted octanol–water partition coefficient (Wildman–Crippen LogP) is 9.41. The number of aromatic nitrogens is 8. The Labute approximate surface area is 294 Å². The zero-order chi connectivity index (χ0) is 34.7. The standard InChI is InChI=1S/C24H23N5.C16H13ClN4/c1-15-5-8-20-18(11-15)13-21(28(20)4)22-14-25-24-10-9-23(27-29(22)24)26-19-7-6-16(2)17(3)12-19;1-10-3-4-12-11(7-10)8-13(20(12)2)14-9-18-16-6-5-15(17)19-21(14)16/h5-14H,1-4H3,(H,26,27);3-9H,1-2H3. The minimum Gasteiger partial charge on any atom is -0.342 e. The summed E-state index contributed by atoms with van der Waals surface area (Å²) in [5.74, 6) is 0.787. The van der Waals surface area contributed by atoms with Crippen LogP contribution in [0.3, 0.4) is 0 Å². The average molecular weight is 678 g/mol. The van der Waals surface area contributed by atoms with Gasteiger partial charge in [-0.15, -0.1) is 5.10 Å². The molecule has 0 saturated heterocycles. The van der Waals surface area contributed by atoms with E-state index in [4.69, 9.17) is 16.7 Å². The molecule has 0 aliphatic heterocycles. The summed E-state index contributed by atoms with van der Waals surface area (Å²) in [6, 6.07) is 31.2. The Bertz CT molecular complexity index is 2730. The zero-order valence-electron chi connectivity index (χ0n) is 28.8. The van der Waals surface area contributed by atoms with E-state index in [0.29, 0.717) is 5.15 Å². The third-order valence-corrected chi connectivity index (χ3v) is 9.59. The third-order valence-electron chi connectivity index (χ3n) is 9.39. The highest BCUT2D eigenvalue weighted by Gasteiger charge is 2.15. The molecular weight excluding hydrogens is 642 g/mol. The second-order valence-corrected chi connectivity index (χ2v) is 13.3. The Balaban J connectivity index is 0.000000152. The molecule has 9 nitrogen and oxygen atoms in total. The Hall–Kier alpha value is -5.93. The summed E-state index contributed by atoms with van der Waals surface area (Å²) in [4.78, 5) is 8.95. The molecule has 0 saturated carbocycles. The number of nitrogens with one attached hydrogen (secondary N) is 1. The van der Waals surface area contributed by atoms with Gasteiger partial charge < -0.3 is 14.5 Å². The maximum absolute atomic E-state index is 6.01. The Morgan fingerprint density at radius 2 is 1.10 bits per heavy atom. The second-order valence-electron chi connectivity index (χ2n) is 12.9. The van der Waals surface area contributed by atoms with Crippen LogP contribution in [0.25, 0.3) is 55.9 Å². The number of imidazole rings is 2. The normalized spacial score (nSPS) is 11.5. The zero-order valence-corrected chi connectivity index (χ0v) is 29.5. The van der Waals surface area contributed by atoms with E-state index in [0.717, 1.165) is 45.6 Å². The summed E-state index contributed by atoms with van der Waals surface area (Å²) in [6.45, 7) is 8.45. The number of rotatable bonds is 4. The first-order chi connectivity index (χ1) is 24.1. The summed E-state index contributed by atoms with van der Waals surface area (Å²) >= 11 is 6.01. The molecule has 50 heavy (non-hydrogen) atoms. The van der Waals surface area contributed by atoms with Crippen molar-refractivity contribution >= 4 is 56.2 Å². The third kappa shape index (κ3) is 5.55. The van der Waals surface area contributed by atoms with Gasteiger partial charge in [0, 0.05) is 41.6 Å². The van der Waals surface area contributed by atoms with Gasteiger partial charge >= 0.3 is 0 Å². The van der Waals surface area contributed by atoms with Crippen LogP contribution < -0.4 is 5.32 Å². The fraction of sp³-hybridized carbons (Fsp3) is 0.150. The van der Waals surface area contributed by atoms with Crippen LogP contribution in [0.2, 0.25) is 5.15 Å². The van der Waals surface area contributed by atoms with Gasteiger partial charge in [-0.3, -0.25) is 0 Å². The predicted molar refractivity (Wildman–Crippen MR) is 203 cm³/mol. The summed E-state index contributed by atoms with van der Waals surface area (Å²) in [5.41, 5.74) is 14.1. The number of benzene rings is 3. The van der Waals surface area contributed by atoms with E-state index < -0.39 is 0 Å². The van der Waals surface area contributed by atoms with Crippen LogP contribution in [0.4, 0.5) is 11.5 Å². The van der Waals surface area contributed by atoms with Crippen LogP contribution in [-0.2, 0) is 14.1 Å². The molecule has 0 aliphatic rings. The maximum atomic E-state index is 6.01. The maximum Gasteiger partial charge on any atom is 0.154 e. The number of anilines is 2. The van der Waals surface area contributed by atoms with Gasteiger partial charge in [0.2, 0.25) is 0 Å². The van der Waals surface area contributed by atoms with Crippen LogP contribution >= 0.6 is 11.6 Å². The number of halogens is 1. The summed E-state index contributed by atoms with van der Waals surface area (Å²) in [5, 5.41) is 15.5. The van der Waals surface area contributed by atoms with Crippen molar-refractivity contribution in [2.24, 2.45) is 14.1 Å². The molecule has 0 atom stereocenters. The molecule has 0 aliphatic carbocycles. The molecule has 1 N–H and O–H groups in total. The molecule has 0 bridgehead atoms. The van der Waals surface area contributed by atoms with Gasteiger partial charge in [0.15, 0.2) is 17.1 Å². The van der Waals surface area contributed by atoms with Crippen LogP contribution in [-0.4, -0.2) is 38.3 Å². The fourth-order valence-electron chi connectivity index (χ4n) is 6.54. The molecule has 0 fully saturated rings. The molecule has 3 aromatic carbocycles. The minimum absolute atomic E-state index is 0.455. The Morgan fingerprint density at radius 3 is 1.68 bits per heavy atom. The van der Waals surface area contributed by atoms with E-state index >= 15 is 0 Å². The van der Waals surface area contributed by atoms with Gasteiger partial charge in [0.25, 0.3) is 0 Å². The molecule has 0 radical (unpaired) electrons. The first-order valence-corrected chi connectivity index (χ1v) is 16.8. The lowest BCUT2D eigenvalue weighted by Gasteiger charge is -2.09. The fourth-order valence-corrected chi connectivity index (χ4v) is 6.68. The second kappa shape index (κ2) is 12.2. The van der Waals surface area contributed by atoms with Crippen molar-refractivity contribution in [3.8, 4) is 22.8 Å². The number of fused-ring (bicyclic) bond motifs is 4. The van der Waals surface area contributed by atoms with Crippen LogP contribution in [0.1, 0.15) is 22.3 Å². The number of hydrogen-bond donors (Lipinski definition) is 1. The minimum atomic E-state index is 0.455. The molecule has 6 aromatic heterocycles. The number of hydrogen-bond acceptors (Lipinski definition) is 5. The highest BCUT2D eigenvalue weighted by Crippen LogP contribution is 2.30.